The zero-order valence-electron chi connectivity index (χ0n) is 6.69. The molecule has 0 aliphatic rings. The predicted molar refractivity (Wildman–Crippen MR) is 49.1 cm³/mol. The summed E-state index contributed by atoms with van der Waals surface area (Å²) in [6.07, 6.45) is 6.01. The highest BCUT2D eigenvalue weighted by Gasteiger charge is 1.99. The standard InChI is InChI=1S/C7H16B2/c1-3-5-7(4-2)6-9-8/h4,7,9H,2-3,5-6,8H2,1H3. The Hall–Kier alpha value is -0.130. The minimum absolute atomic E-state index is 0.778. The van der Waals surface area contributed by atoms with E-state index in [0.717, 1.165) is 5.92 Å². The summed E-state index contributed by atoms with van der Waals surface area (Å²) in [5.74, 6) is 0.778. The number of hydrogen-bond acceptors (Lipinski definition) is 0. The molecule has 0 N–H and O–H groups in total. The molecule has 1 unspecified atom stereocenters. The highest BCUT2D eigenvalue weighted by molar-refractivity contribution is 6.89. The third-order valence-corrected chi connectivity index (χ3v) is 1.65. The van der Waals surface area contributed by atoms with Crippen LogP contribution in [-0.2, 0) is 0 Å². The van der Waals surface area contributed by atoms with E-state index in [0.29, 0.717) is 0 Å². The Morgan fingerprint density at radius 1 is 1.78 bits per heavy atom. The van der Waals surface area contributed by atoms with Crippen molar-refractivity contribution >= 4 is 14.9 Å². The van der Waals surface area contributed by atoms with E-state index in [2.05, 4.69) is 27.3 Å². The second kappa shape index (κ2) is 6.00. The van der Waals surface area contributed by atoms with E-state index in [9.17, 15) is 0 Å². The molecule has 1 atom stereocenters. The summed E-state index contributed by atoms with van der Waals surface area (Å²) in [6.45, 7) is 6.03. The van der Waals surface area contributed by atoms with Crippen LogP contribution in [0.15, 0.2) is 12.7 Å². The molecule has 0 aliphatic heterocycles. The van der Waals surface area contributed by atoms with Crippen LogP contribution in [0.1, 0.15) is 19.8 Å². The summed E-state index contributed by atoms with van der Waals surface area (Å²) in [7, 11) is 3.52. The minimum atomic E-state index is 0.778. The Morgan fingerprint density at radius 2 is 2.44 bits per heavy atom. The summed E-state index contributed by atoms with van der Waals surface area (Å²) >= 11 is 0. The largest absolute Gasteiger partial charge is 0.103 e. The molecule has 0 rings (SSSR count). The van der Waals surface area contributed by atoms with Gasteiger partial charge >= 0.3 is 0 Å². The van der Waals surface area contributed by atoms with Crippen molar-refractivity contribution in [3.8, 4) is 0 Å². The van der Waals surface area contributed by atoms with Crippen LogP contribution >= 0.6 is 0 Å². The van der Waals surface area contributed by atoms with Crippen molar-refractivity contribution in [2.24, 2.45) is 5.92 Å². The second-order valence-electron chi connectivity index (χ2n) is 2.57. The van der Waals surface area contributed by atoms with Gasteiger partial charge in [0, 0.05) is 0 Å². The molecule has 0 bridgehead atoms. The van der Waals surface area contributed by atoms with Gasteiger partial charge in [-0.2, -0.15) is 0 Å². The van der Waals surface area contributed by atoms with Crippen LogP contribution in [0.5, 0.6) is 0 Å². The van der Waals surface area contributed by atoms with Crippen molar-refractivity contribution < 1.29 is 0 Å². The maximum atomic E-state index is 3.80. The van der Waals surface area contributed by atoms with Gasteiger partial charge < -0.3 is 0 Å². The van der Waals surface area contributed by atoms with Gasteiger partial charge in [-0.1, -0.05) is 25.7 Å². The van der Waals surface area contributed by atoms with E-state index in [-0.39, 0.29) is 0 Å². The molecule has 0 nitrogen and oxygen atoms in total. The predicted octanol–water partition coefficient (Wildman–Crippen LogP) is 0.992. The quantitative estimate of drug-likeness (QED) is 0.376. The van der Waals surface area contributed by atoms with E-state index < -0.39 is 0 Å². The van der Waals surface area contributed by atoms with Gasteiger partial charge in [-0.3, -0.25) is 0 Å². The van der Waals surface area contributed by atoms with Crippen LogP contribution in [0.3, 0.4) is 0 Å². The summed E-state index contributed by atoms with van der Waals surface area (Å²) in [5.41, 5.74) is 0. The number of rotatable bonds is 5. The maximum Gasteiger partial charge on any atom is 0.0829 e. The van der Waals surface area contributed by atoms with Gasteiger partial charge in [-0.15, -0.1) is 6.58 Å². The highest BCUT2D eigenvalue weighted by atomic mass is 14.0. The van der Waals surface area contributed by atoms with E-state index in [1.54, 1.807) is 0 Å². The molecule has 0 fully saturated rings. The normalized spacial score (nSPS) is 12.6. The first-order valence-corrected chi connectivity index (χ1v) is 3.97. The first kappa shape index (κ1) is 8.87. The van der Waals surface area contributed by atoms with Crippen LogP contribution in [-0.4, -0.2) is 14.9 Å². The van der Waals surface area contributed by atoms with Crippen molar-refractivity contribution in [3.05, 3.63) is 12.7 Å². The smallest absolute Gasteiger partial charge is 0.0829 e. The molecule has 0 spiro atoms. The lowest BCUT2D eigenvalue weighted by Gasteiger charge is -2.07. The molecule has 0 saturated carbocycles. The second-order valence-corrected chi connectivity index (χ2v) is 2.57. The lowest BCUT2D eigenvalue weighted by molar-refractivity contribution is 0.634. The lowest BCUT2D eigenvalue weighted by Crippen LogP contribution is -2.00. The van der Waals surface area contributed by atoms with Gasteiger partial charge in [-0.25, -0.2) is 0 Å². The van der Waals surface area contributed by atoms with Crippen LogP contribution in [0, 0.1) is 5.92 Å². The third kappa shape index (κ3) is 4.38. The molecule has 0 saturated heterocycles. The van der Waals surface area contributed by atoms with Gasteiger partial charge in [0.25, 0.3) is 0 Å². The Kier molecular flexibility index (Phi) is 5.91. The van der Waals surface area contributed by atoms with E-state index in [4.69, 9.17) is 0 Å². The summed E-state index contributed by atoms with van der Waals surface area (Å²) < 4.78 is 0. The molecule has 0 aromatic carbocycles. The van der Waals surface area contributed by atoms with Crippen LogP contribution in [0.25, 0.3) is 0 Å². The molecule has 0 radical (unpaired) electrons. The van der Waals surface area contributed by atoms with E-state index in [1.165, 1.54) is 26.3 Å². The molecule has 9 heavy (non-hydrogen) atoms. The van der Waals surface area contributed by atoms with E-state index >= 15 is 0 Å². The Morgan fingerprint density at radius 3 is 2.78 bits per heavy atom. The molecular formula is C7H16B2. The van der Waals surface area contributed by atoms with Crippen molar-refractivity contribution in [2.45, 2.75) is 26.1 Å². The molecule has 0 aromatic rings. The molecule has 0 amide bonds. The highest BCUT2D eigenvalue weighted by Crippen LogP contribution is 2.10. The zero-order valence-corrected chi connectivity index (χ0v) is 6.69. The molecule has 0 aromatic heterocycles. The number of allylic oxidation sites excluding steroid dienone is 1. The van der Waals surface area contributed by atoms with Gasteiger partial charge in [0.1, 0.15) is 0 Å². The fraction of sp³-hybridized carbons (Fsp3) is 0.714. The van der Waals surface area contributed by atoms with Gasteiger partial charge in [0.15, 0.2) is 0 Å². The van der Waals surface area contributed by atoms with Gasteiger partial charge in [0.05, 0.1) is 14.9 Å². The average molecular weight is 122 g/mol. The fourth-order valence-corrected chi connectivity index (χ4v) is 1.12. The SMILES string of the molecule is BBCC(C=C)CCC. The fourth-order valence-electron chi connectivity index (χ4n) is 1.12. The first-order valence-electron chi connectivity index (χ1n) is 3.97. The van der Waals surface area contributed by atoms with Crippen molar-refractivity contribution in [1.82, 2.24) is 0 Å². The monoisotopic (exact) mass is 122 g/mol. The molecule has 0 aliphatic carbocycles. The van der Waals surface area contributed by atoms with Crippen LogP contribution in [0.4, 0.5) is 0 Å². The molecular weight excluding hydrogens is 106 g/mol. The Labute approximate surface area is 60.4 Å². The molecule has 2 heteroatoms. The summed E-state index contributed by atoms with van der Waals surface area (Å²) in [5, 5.41) is 0. The molecule has 50 valence electrons. The number of hydrogen-bond donors (Lipinski definition) is 0. The lowest BCUT2D eigenvalue weighted by atomic mass is 9.51. The van der Waals surface area contributed by atoms with Crippen LogP contribution < -0.4 is 0 Å². The molecule has 0 heterocycles. The van der Waals surface area contributed by atoms with Gasteiger partial charge in [0.2, 0.25) is 0 Å². The summed E-state index contributed by atoms with van der Waals surface area (Å²) in [6, 6.07) is 0. The Balaban J connectivity index is 3.29. The van der Waals surface area contributed by atoms with E-state index in [1.807, 2.05) is 0 Å². The minimum Gasteiger partial charge on any atom is -0.103 e. The third-order valence-electron chi connectivity index (χ3n) is 1.65. The average Bonchev–Trinajstić information content (AvgIpc) is 1.88. The summed E-state index contributed by atoms with van der Waals surface area (Å²) in [4.78, 5) is 0. The van der Waals surface area contributed by atoms with Crippen molar-refractivity contribution in [3.63, 3.8) is 0 Å². The first-order chi connectivity index (χ1) is 4.35. The van der Waals surface area contributed by atoms with Crippen molar-refractivity contribution in [2.75, 3.05) is 0 Å². The maximum absolute atomic E-state index is 3.80. The van der Waals surface area contributed by atoms with Crippen molar-refractivity contribution in [1.29, 1.82) is 0 Å². The zero-order chi connectivity index (χ0) is 7.11. The van der Waals surface area contributed by atoms with Gasteiger partial charge in [-0.05, 0) is 12.3 Å². The van der Waals surface area contributed by atoms with Crippen LogP contribution in [0.2, 0.25) is 6.32 Å². The Bertz CT molecular complexity index is 65.3. The topological polar surface area (TPSA) is 0 Å².